The van der Waals surface area contributed by atoms with Crippen molar-refractivity contribution < 1.29 is 17.5 Å². The summed E-state index contributed by atoms with van der Waals surface area (Å²) >= 11 is 0. The van der Waals surface area contributed by atoms with Crippen LogP contribution in [0, 0.1) is 5.82 Å². The highest BCUT2D eigenvalue weighted by Gasteiger charge is 2.14. The fraction of sp³-hybridized carbons (Fsp3) is 0.625. The first-order chi connectivity index (χ1) is 10.6. The zero-order valence-corrected chi connectivity index (χ0v) is 13.6. The number of hydrogen-bond donors (Lipinski definition) is 1. The van der Waals surface area contributed by atoms with Crippen molar-refractivity contribution in [2.24, 2.45) is 0 Å². The van der Waals surface area contributed by atoms with Crippen LogP contribution in [-0.2, 0) is 20.5 Å². The van der Waals surface area contributed by atoms with Crippen molar-refractivity contribution in [3.8, 4) is 0 Å². The molecule has 0 amide bonds. The molecule has 1 aromatic carbocycles. The van der Waals surface area contributed by atoms with E-state index in [2.05, 4.69) is 4.72 Å². The normalized spacial score (nSPS) is 16.8. The predicted molar refractivity (Wildman–Crippen MR) is 84.5 cm³/mol. The lowest BCUT2D eigenvalue weighted by Crippen LogP contribution is -2.27. The molecule has 1 aromatic rings. The van der Waals surface area contributed by atoms with Gasteiger partial charge in [0, 0.05) is 13.2 Å². The Morgan fingerprint density at radius 1 is 1.14 bits per heavy atom. The van der Waals surface area contributed by atoms with Gasteiger partial charge in [0.05, 0.1) is 11.9 Å². The van der Waals surface area contributed by atoms with E-state index in [4.69, 9.17) is 4.74 Å². The van der Waals surface area contributed by atoms with Crippen molar-refractivity contribution in [2.75, 3.05) is 13.2 Å². The lowest BCUT2D eigenvalue weighted by atomic mass is 9.98. The van der Waals surface area contributed by atoms with E-state index in [1.807, 2.05) is 0 Å². The summed E-state index contributed by atoms with van der Waals surface area (Å²) in [5, 5.41) is 0. The number of benzene rings is 1. The van der Waals surface area contributed by atoms with Crippen LogP contribution in [0.3, 0.4) is 0 Å². The van der Waals surface area contributed by atoms with Gasteiger partial charge in [-0.05, 0) is 37.0 Å². The van der Waals surface area contributed by atoms with E-state index in [0.717, 1.165) is 12.8 Å². The molecule has 124 valence electrons. The van der Waals surface area contributed by atoms with Crippen LogP contribution < -0.4 is 4.72 Å². The molecule has 1 aliphatic carbocycles. The van der Waals surface area contributed by atoms with E-state index >= 15 is 0 Å². The van der Waals surface area contributed by atoms with Gasteiger partial charge in [-0.25, -0.2) is 17.5 Å². The second-order valence-corrected chi connectivity index (χ2v) is 7.57. The van der Waals surface area contributed by atoms with Gasteiger partial charge in [-0.1, -0.05) is 31.4 Å². The lowest BCUT2D eigenvalue weighted by molar-refractivity contribution is 0.0278. The van der Waals surface area contributed by atoms with Crippen LogP contribution in [0.2, 0.25) is 0 Å². The molecule has 0 radical (unpaired) electrons. The standard InChI is InChI=1S/C16H24FNO3S/c17-15-9-7-14(8-10-15)13-22(19,20)18-11-4-12-21-16-5-2-1-3-6-16/h7-10,16,18H,1-6,11-13H2. The monoisotopic (exact) mass is 329 g/mol. The average molecular weight is 329 g/mol. The highest BCUT2D eigenvalue weighted by atomic mass is 32.2. The third-order valence-electron chi connectivity index (χ3n) is 3.82. The quantitative estimate of drug-likeness (QED) is 0.746. The van der Waals surface area contributed by atoms with E-state index in [1.54, 1.807) is 0 Å². The molecule has 0 unspecified atom stereocenters. The van der Waals surface area contributed by atoms with Crippen LogP contribution >= 0.6 is 0 Å². The molecule has 4 nitrogen and oxygen atoms in total. The third-order valence-corrected chi connectivity index (χ3v) is 5.18. The molecule has 1 saturated carbocycles. The van der Waals surface area contributed by atoms with Gasteiger partial charge in [0.25, 0.3) is 0 Å². The van der Waals surface area contributed by atoms with E-state index in [0.29, 0.717) is 31.2 Å². The molecule has 0 saturated heterocycles. The first kappa shape index (κ1) is 17.4. The number of halogens is 1. The maximum Gasteiger partial charge on any atom is 0.215 e. The molecule has 0 aromatic heterocycles. The molecule has 0 bridgehead atoms. The van der Waals surface area contributed by atoms with Crippen molar-refractivity contribution in [1.29, 1.82) is 0 Å². The highest BCUT2D eigenvalue weighted by Crippen LogP contribution is 2.20. The summed E-state index contributed by atoms with van der Waals surface area (Å²) in [6, 6.07) is 5.51. The molecule has 1 aliphatic rings. The maximum absolute atomic E-state index is 12.8. The average Bonchev–Trinajstić information content (AvgIpc) is 2.50. The Labute approximate surface area is 132 Å². The van der Waals surface area contributed by atoms with Crippen molar-refractivity contribution >= 4 is 10.0 Å². The second kappa shape index (κ2) is 8.60. The minimum Gasteiger partial charge on any atom is -0.378 e. The Bertz CT molecular complexity index is 539. The smallest absolute Gasteiger partial charge is 0.215 e. The van der Waals surface area contributed by atoms with Gasteiger partial charge in [-0.15, -0.1) is 0 Å². The SMILES string of the molecule is O=S(=O)(Cc1ccc(F)cc1)NCCCOC1CCCCC1. The molecule has 1 N–H and O–H groups in total. The molecule has 1 fully saturated rings. The maximum atomic E-state index is 12.8. The summed E-state index contributed by atoms with van der Waals surface area (Å²) in [6.07, 6.45) is 7.02. The summed E-state index contributed by atoms with van der Waals surface area (Å²) in [5.41, 5.74) is 0.576. The molecular weight excluding hydrogens is 305 g/mol. The lowest BCUT2D eigenvalue weighted by Gasteiger charge is -2.21. The summed E-state index contributed by atoms with van der Waals surface area (Å²) in [7, 11) is -3.38. The predicted octanol–water partition coefficient (Wildman–Crippen LogP) is 2.98. The van der Waals surface area contributed by atoms with Crippen molar-refractivity contribution in [3.63, 3.8) is 0 Å². The van der Waals surface area contributed by atoms with Crippen LogP contribution in [0.4, 0.5) is 4.39 Å². The minimum atomic E-state index is -3.38. The minimum absolute atomic E-state index is 0.128. The Balaban J connectivity index is 1.63. The first-order valence-electron chi connectivity index (χ1n) is 7.88. The Morgan fingerprint density at radius 3 is 2.50 bits per heavy atom. The van der Waals surface area contributed by atoms with Gasteiger partial charge < -0.3 is 4.74 Å². The first-order valence-corrected chi connectivity index (χ1v) is 9.54. The largest absolute Gasteiger partial charge is 0.378 e. The van der Waals surface area contributed by atoms with Gasteiger partial charge in [0.2, 0.25) is 10.0 Å². The molecule has 0 atom stereocenters. The van der Waals surface area contributed by atoms with Crippen molar-refractivity contribution in [2.45, 2.75) is 50.4 Å². The fourth-order valence-corrected chi connectivity index (χ4v) is 3.82. The van der Waals surface area contributed by atoms with Gasteiger partial charge >= 0.3 is 0 Å². The van der Waals surface area contributed by atoms with Gasteiger partial charge in [0.15, 0.2) is 0 Å². The highest BCUT2D eigenvalue weighted by molar-refractivity contribution is 7.88. The van der Waals surface area contributed by atoms with Crippen LogP contribution in [0.15, 0.2) is 24.3 Å². The van der Waals surface area contributed by atoms with Crippen LogP contribution in [0.1, 0.15) is 44.1 Å². The Kier molecular flexibility index (Phi) is 6.79. The van der Waals surface area contributed by atoms with E-state index in [-0.39, 0.29) is 11.6 Å². The molecular formula is C16H24FNO3S. The fourth-order valence-electron chi connectivity index (χ4n) is 2.63. The zero-order chi connectivity index (χ0) is 15.8. The summed E-state index contributed by atoms with van der Waals surface area (Å²) < 4.78 is 44.9. The van der Waals surface area contributed by atoms with Gasteiger partial charge in [0.1, 0.15) is 5.82 Å². The van der Waals surface area contributed by atoms with E-state index in [9.17, 15) is 12.8 Å². The van der Waals surface area contributed by atoms with Crippen LogP contribution in [0.5, 0.6) is 0 Å². The third kappa shape index (κ3) is 6.42. The van der Waals surface area contributed by atoms with Crippen LogP contribution in [-0.4, -0.2) is 27.7 Å². The summed E-state index contributed by atoms with van der Waals surface area (Å²) in [5.74, 6) is -0.495. The molecule has 22 heavy (non-hydrogen) atoms. The molecule has 6 heteroatoms. The second-order valence-electron chi connectivity index (χ2n) is 5.76. The number of nitrogens with one attached hydrogen (secondary N) is 1. The number of sulfonamides is 1. The zero-order valence-electron chi connectivity index (χ0n) is 12.8. The van der Waals surface area contributed by atoms with Gasteiger partial charge in [-0.3, -0.25) is 0 Å². The topological polar surface area (TPSA) is 55.4 Å². The van der Waals surface area contributed by atoms with Crippen LogP contribution in [0.25, 0.3) is 0 Å². The number of hydrogen-bond acceptors (Lipinski definition) is 3. The Hall–Kier alpha value is -0.980. The number of ether oxygens (including phenoxy) is 1. The summed E-state index contributed by atoms with van der Waals surface area (Å²) in [6.45, 7) is 0.958. The number of rotatable bonds is 8. The Morgan fingerprint density at radius 2 is 1.82 bits per heavy atom. The molecule has 2 rings (SSSR count). The van der Waals surface area contributed by atoms with E-state index in [1.165, 1.54) is 43.5 Å². The molecule has 0 aliphatic heterocycles. The van der Waals surface area contributed by atoms with Crippen molar-refractivity contribution in [1.82, 2.24) is 4.72 Å². The summed E-state index contributed by atoms with van der Waals surface area (Å²) in [4.78, 5) is 0. The molecule has 0 spiro atoms. The van der Waals surface area contributed by atoms with Gasteiger partial charge in [-0.2, -0.15) is 0 Å². The molecule has 0 heterocycles. The van der Waals surface area contributed by atoms with Crippen molar-refractivity contribution in [3.05, 3.63) is 35.6 Å². The van der Waals surface area contributed by atoms with E-state index < -0.39 is 10.0 Å².